The van der Waals surface area contributed by atoms with Gasteiger partial charge in [-0.15, -0.1) is 0 Å². The molecule has 0 aromatic heterocycles. The summed E-state index contributed by atoms with van der Waals surface area (Å²) in [6.45, 7) is 4.51. The first-order chi connectivity index (χ1) is 18.2. The molecule has 0 fully saturated rings. The van der Waals surface area contributed by atoms with Crippen LogP contribution in [0.1, 0.15) is 39.0 Å². The van der Waals surface area contributed by atoms with Crippen molar-refractivity contribution in [2.75, 3.05) is 13.7 Å². The number of nitrogens with one attached hydrogen (secondary N) is 1. The predicted octanol–water partition coefficient (Wildman–Crippen LogP) is 6.32. The summed E-state index contributed by atoms with van der Waals surface area (Å²) in [5.74, 6) is 0.121. The normalized spacial score (nSPS) is 11.2. The number of aryl methyl sites for hydroxylation is 3. The van der Waals surface area contributed by atoms with Gasteiger partial charge in [0.25, 0.3) is 5.91 Å². The average Bonchev–Trinajstić information content (AvgIpc) is 2.90. The largest absolute Gasteiger partial charge is 0.495 e. The summed E-state index contributed by atoms with van der Waals surface area (Å²) in [4.78, 5) is 12.5. The molecule has 4 aromatic rings. The summed E-state index contributed by atoms with van der Waals surface area (Å²) in [5.41, 5.74) is 6.34. The monoisotopic (exact) mass is 527 g/mol. The van der Waals surface area contributed by atoms with E-state index in [4.69, 9.17) is 4.74 Å². The Bertz CT molecular complexity index is 1540. The van der Waals surface area contributed by atoms with Crippen molar-refractivity contribution >= 4 is 15.7 Å². The van der Waals surface area contributed by atoms with Crippen molar-refractivity contribution in [1.82, 2.24) is 5.32 Å². The van der Waals surface area contributed by atoms with Gasteiger partial charge in [0.2, 0.25) is 0 Å². The first kappa shape index (κ1) is 27.1. The van der Waals surface area contributed by atoms with Crippen LogP contribution in [0.4, 0.5) is 0 Å². The number of ether oxygens (including phenoxy) is 1. The van der Waals surface area contributed by atoms with Crippen molar-refractivity contribution < 1.29 is 17.9 Å². The molecule has 196 valence electrons. The third-order valence-electron chi connectivity index (χ3n) is 6.41. The highest BCUT2D eigenvalue weighted by atomic mass is 32.2. The highest BCUT2D eigenvalue weighted by Crippen LogP contribution is 2.32. The minimum absolute atomic E-state index is 0.0876. The fourth-order valence-electron chi connectivity index (χ4n) is 4.48. The predicted molar refractivity (Wildman–Crippen MR) is 152 cm³/mol. The Morgan fingerprint density at radius 3 is 2.21 bits per heavy atom. The zero-order valence-electron chi connectivity index (χ0n) is 22.0. The highest BCUT2D eigenvalue weighted by molar-refractivity contribution is 7.90. The van der Waals surface area contributed by atoms with Gasteiger partial charge in [0, 0.05) is 12.1 Å². The minimum Gasteiger partial charge on any atom is -0.495 e. The van der Waals surface area contributed by atoms with E-state index >= 15 is 0 Å². The molecule has 5 nitrogen and oxygen atoms in total. The van der Waals surface area contributed by atoms with Crippen LogP contribution >= 0.6 is 0 Å². The molecule has 1 amide bonds. The quantitative estimate of drug-likeness (QED) is 0.245. The number of rotatable bonds is 10. The Hall–Kier alpha value is -3.90. The Balaban J connectivity index is 1.43. The number of benzene rings is 4. The molecule has 0 saturated heterocycles. The van der Waals surface area contributed by atoms with Crippen LogP contribution < -0.4 is 10.1 Å². The van der Waals surface area contributed by atoms with Gasteiger partial charge in [-0.3, -0.25) is 4.79 Å². The number of hydrogen-bond donors (Lipinski definition) is 1. The SMILES string of the molecule is COc1ccc(-c2cccc(C)c2)cc1S(=O)(=O)Cc1cccc(CCCNC(=O)c2cccc(C)c2)c1. The van der Waals surface area contributed by atoms with Gasteiger partial charge in [-0.1, -0.05) is 77.9 Å². The summed E-state index contributed by atoms with van der Waals surface area (Å²) >= 11 is 0. The number of amides is 1. The number of methoxy groups -OCH3 is 1. The first-order valence-electron chi connectivity index (χ1n) is 12.7. The molecule has 1 N–H and O–H groups in total. The van der Waals surface area contributed by atoms with Gasteiger partial charge >= 0.3 is 0 Å². The minimum atomic E-state index is -3.67. The second kappa shape index (κ2) is 12.1. The molecule has 0 saturated carbocycles. The van der Waals surface area contributed by atoms with Crippen LogP contribution in [0.15, 0.2) is 95.9 Å². The van der Waals surface area contributed by atoms with Crippen LogP contribution in [0.2, 0.25) is 0 Å². The molecular weight excluding hydrogens is 494 g/mol. The van der Waals surface area contributed by atoms with E-state index in [2.05, 4.69) is 5.32 Å². The van der Waals surface area contributed by atoms with Crippen LogP contribution in [0.25, 0.3) is 11.1 Å². The van der Waals surface area contributed by atoms with E-state index < -0.39 is 9.84 Å². The van der Waals surface area contributed by atoms with E-state index in [1.54, 1.807) is 18.2 Å². The van der Waals surface area contributed by atoms with Gasteiger partial charge in [-0.05, 0) is 73.2 Å². The Labute approximate surface area is 225 Å². The lowest BCUT2D eigenvalue weighted by Crippen LogP contribution is -2.24. The van der Waals surface area contributed by atoms with Crippen molar-refractivity contribution in [1.29, 1.82) is 0 Å². The second-order valence-corrected chi connectivity index (χ2v) is 11.5. The van der Waals surface area contributed by atoms with Gasteiger partial charge < -0.3 is 10.1 Å². The molecule has 4 rings (SSSR count). The zero-order valence-corrected chi connectivity index (χ0v) is 22.8. The van der Waals surface area contributed by atoms with Gasteiger partial charge in [0.05, 0.1) is 12.9 Å². The molecule has 0 unspecified atom stereocenters. The summed E-state index contributed by atoms with van der Waals surface area (Å²) < 4.78 is 32.4. The number of hydrogen-bond acceptors (Lipinski definition) is 4. The van der Waals surface area contributed by atoms with Gasteiger partial charge in [0.15, 0.2) is 9.84 Å². The molecule has 0 aliphatic carbocycles. The van der Waals surface area contributed by atoms with Crippen molar-refractivity contribution in [2.45, 2.75) is 37.3 Å². The van der Waals surface area contributed by atoms with E-state index in [9.17, 15) is 13.2 Å². The lowest BCUT2D eigenvalue weighted by molar-refractivity contribution is 0.0953. The van der Waals surface area contributed by atoms with E-state index in [1.165, 1.54) is 7.11 Å². The maximum atomic E-state index is 13.5. The summed E-state index contributed by atoms with van der Waals surface area (Å²) in [6, 6.07) is 28.4. The number of sulfone groups is 1. The molecule has 0 aliphatic heterocycles. The van der Waals surface area contributed by atoms with Gasteiger partial charge in [-0.2, -0.15) is 0 Å². The van der Waals surface area contributed by atoms with Gasteiger partial charge in [0.1, 0.15) is 10.6 Å². The van der Waals surface area contributed by atoms with Crippen LogP contribution in [0.3, 0.4) is 0 Å². The standard InChI is InChI=1S/C32H33NO4S/c1-23-8-4-13-27(18-23)28-15-16-30(37-3)31(21-28)38(35,36)22-26-11-6-10-25(20-26)12-7-17-33-32(34)29-14-5-9-24(2)19-29/h4-6,8-11,13-16,18-21H,7,12,17,22H2,1-3H3,(H,33,34). The summed E-state index contributed by atoms with van der Waals surface area (Å²) in [5, 5.41) is 2.96. The third-order valence-corrected chi connectivity index (χ3v) is 8.11. The fraction of sp³-hybridized carbons (Fsp3) is 0.219. The summed E-state index contributed by atoms with van der Waals surface area (Å²) in [7, 11) is -2.18. The van der Waals surface area contributed by atoms with Crippen molar-refractivity contribution in [3.05, 3.63) is 119 Å². The second-order valence-electron chi connectivity index (χ2n) is 9.54. The molecule has 0 aliphatic rings. The topological polar surface area (TPSA) is 72.5 Å². The van der Waals surface area contributed by atoms with Crippen LogP contribution in [-0.2, 0) is 22.0 Å². The van der Waals surface area contributed by atoms with Crippen LogP contribution in [-0.4, -0.2) is 28.0 Å². The lowest BCUT2D eigenvalue weighted by Gasteiger charge is -2.13. The Kier molecular flexibility index (Phi) is 8.64. The molecule has 38 heavy (non-hydrogen) atoms. The maximum absolute atomic E-state index is 13.5. The number of carbonyl (C=O) groups excluding carboxylic acids is 1. The van der Waals surface area contributed by atoms with E-state index in [0.29, 0.717) is 23.4 Å². The highest BCUT2D eigenvalue weighted by Gasteiger charge is 2.21. The first-order valence-corrected chi connectivity index (χ1v) is 14.3. The van der Waals surface area contributed by atoms with Crippen molar-refractivity contribution in [3.63, 3.8) is 0 Å². The summed E-state index contributed by atoms with van der Waals surface area (Å²) in [6.07, 6.45) is 1.48. The molecule has 0 bridgehead atoms. The Morgan fingerprint density at radius 1 is 0.789 bits per heavy atom. The van der Waals surface area contributed by atoms with Crippen LogP contribution in [0, 0.1) is 13.8 Å². The molecule has 0 radical (unpaired) electrons. The molecular formula is C32H33NO4S. The fourth-order valence-corrected chi connectivity index (χ4v) is 6.02. The number of carbonyl (C=O) groups is 1. The van der Waals surface area contributed by atoms with E-state index in [1.807, 2.05) is 86.6 Å². The molecule has 0 heterocycles. The molecule has 0 spiro atoms. The van der Waals surface area contributed by atoms with Gasteiger partial charge in [-0.25, -0.2) is 8.42 Å². The third kappa shape index (κ3) is 6.90. The lowest BCUT2D eigenvalue weighted by atomic mass is 10.0. The van der Waals surface area contributed by atoms with Crippen molar-refractivity contribution in [2.24, 2.45) is 0 Å². The molecule has 0 atom stereocenters. The van der Waals surface area contributed by atoms with Crippen LogP contribution in [0.5, 0.6) is 5.75 Å². The Morgan fingerprint density at radius 2 is 1.47 bits per heavy atom. The maximum Gasteiger partial charge on any atom is 0.251 e. The van der Waals surface area contributed by atoms with E-state index in [-0.39, 0.29) is 16.6 Å². The molecule has 4 aromatic carbocycles. The van der Waals surface area contributed by atoms with E-state index in [0.717, 1.165) is 40.7 Å². The zero-order chi connectivity index (χ0) is 27.1. The average molecular weight is 528 g/mol. The van der Waals surface area contributed by atoms with Crippen molar-refractivity contribution in [3.8, 4) is 16.9 Å². The molecule has 6 heteroatoms. The smallest absolute Gasteiger partial charge is 0.251 e.